The minimum absolute atomic E-state index is 0.0473. The Kier molecular flexibility index (Phi) is 7.04. The van der Waals surface area contributed by atoms with Crippen molar-refractivity contribution in [2.75, 3.05) is 13.1 Å². The van der Waals surface area contributed by atoms with Crippen LogP contribution in [0, 0.1) is 17.0 Å². The fourth-order valence-electron chi connectivity index (χ4n) is 3.42. The molecule has 1 heterocycles. The lowest BCUT2D eigenvalue weighted by Gasteiger charge is -2.31. The number of hydrogen-bond acceptors (Lipinski definition) is 6. The monoisotopic (exact) mass is 443 g/mol. The SMILES string of the molecule is N=C(/C(C(N)=O)=C(/N)N[C@@H]1CCCN(C=O)C1)c1ccc(Oc2ccc(F)cc2F)cc1. The summed E-state index contributed by atoms with van der Waals surface area (Å²) in [6.07, 6.45) is 2.28. The van der Waals surface area contributed by atoms with Gasteiger partial charge in [-0.2, -0.15) is 0 Å². The number of likely N-dealkylation sites (tertiary alicyclic amines) is 1. The van der Waals surface area contributed by atoms with Gasteiger partial charge < -0.3 is 26.4 Å². The van der Waals surface area contributed by atoms with E-state index in [4.69, 9.17) is 21.6 Å². The molecule has 6 N–H and O–H groups in total. The van der Waals surface area contributed by atoms with Gasteiger partial charge >= 0.3 is 0 Å². The van der Waals surface area contributed by atoms with Gasteiger partial charge in [0.25, 0.3) is 5.91 Å². The number of rotatable bonds is 8. The number of carbonyl (C=O) groups excluding carboxylic acids is 2. The molecule has 10 heteroatoms. The van der Waals surface area contributed by atoms with Crippen molar-refractivity contribution in [3.63, 3.8) is 0 Å². The van der Waals surface area contributed by atoms with Crippen LogP contribution in [0.2, 0.25) is 0 Å². The molecule has 168 valence electrons. The number of nitrogens with one attached hydrogen (secondary N) is 2. The molecule has 2 aromatic carbocycles. The number of amides is 2. The molecule has 0 bridgehead atoms. The number of piperidine rings is 1. The van der Waals surface area contributed by atoms with E-state index in [2.05, 4.69) is 5.32 Å². The Morgan fingerprint density at radius 3 is 2.53 bits per heavy atom. The standard InChI is InChI=1S/C22H23F2N5O3/c23-14-5-8-18(17(24)10-14)32-16-6-3-13(4-7-16)20(25)19(22(27)31)21(26)28-15-2-1-9-29(11-15)12-30/h3-8,10,12,15,25,28H,1-2,9,11,26H2,(H2,27,31)/b21-19+,25-20?/t15-/m1/s1. The third-order valence-corrected chi connectivity index (χ3v) is 4.99. The summed E-state index contributed by atoms with van der Waals surface area (Å²) in [5.74, 6) is -2.40. The molecule has 0 aromatic heterocycles. The first kappa shape index (κ1) is 22.7. The van der Waals surface area contributed by atoms with Crippen molar-refractivity contribution in [3.05, 3.63) is 71.1 Å². The molecule has 0 spiro atoms. The van der Waals surface area contributed by atoms with E-state index in [9.17, 15) is 18.4 Å². The number of halogens is 2. The van der Waals surface area contributed by atoms with E-state index < -0.39 is 17.5 Å². The summed E-state index contributed by atoms with van der Waals surface area (Å²) >= 11 is 0. The third kappa shape index (κ3) is 5.39. The highest BCUT2D eigenvalue weighted by atomic mass is 19.1. The third-order valence-electron chi connectivity index (χ3n) is 4.99. The van der Waals surface area contributed by atoms with Gasteiger partial charge in [0.1, 0.15) is 23.0 Å². The fraction of sp³-hybridized carbons (Fsp3) is 0.227. The molecule has 8 nitrogen and oxygen atoms in total. The molecule has 1 fully saturated rings. The molecule has 0 radical (unpaired) electrons. The minimum Gasteiger partial charge on any atom is -0.454 e. The molecule has 1 aliphatic heterocycles. The molecular formula is C22H23F2N5O3. The Labute approximate surface area is 183 Å². The van der Waals surface area contributed by atoms with Gasteiger partial charge in [0.05, 0.1) is 5.71 Å². The van der Waals surface area contributed by atoms with E-state index in [0.717, 1.165) is 31.4 Å². The Hall–Kier alpha value is -3.95. The van der Waals surface area contributed by atoms with Gasteiger partial charge in [-0.3, -0.25) is 15.0 Å². The Morgan fingerprint density at radius 1 is 1.19 bits per heavy atom. The zero-order chi connectivity index (χ0) is 23.3. The fourth-order valence-corrected chi connectivity index (χ4v) is 3.42. The molecule has 0 unspecified atom stereocenters. The van der Waals surface area contributed by atoms with Gasteiger partial charge in [0, 0.05) is 30.8 Å². The van der Waals surface area contributed by atoms with Crippen LogP contribution in [0.15, 0.2) is 53.9 Å². The quantitative estimate of drug-likeness (QED) is 0.281. The lowest BCUT2D eigenvalue weighted by Crippen LogP contribution is -2.47. The Bertz CT molecular complexity index is 1060. The second-order valence-corrected chi connectivity index (χ2v) is 7.31. The maximum atomic E-state index is 13.8. The zero-order valence-electron chi connectivity index (χ0n) is 17.1. The van der Waals surface area contributed by atoms with Crippen molar-refractivity contribution >= 4 is 18.0 Å². The predicted octanol–water partition coefficient (Wildman–Crippen LogP) is 1.99. The van der Waals surface area contributed by atoms with E-state index in [-0.39, 0.29) is 34.6 Å². The second-order valence-electron chi connectivity index (χ2n) is 7.31. The van der Waals surface area contributed by atoms with Gasteiger partial charge in [-0.25, -0.2) is 8.78 Å². The van der Waals surface area contributed by atoms with Gasteiger partial charge in [-0.05, 0) is 49.2 Å². The van der Waals surface area contributed by atoms with Crippen molar-refractivity contribution < 1.29 is 23.1 Å². The number of hydrogen-bond donors (Lipinski definition) is 4. The average molecular weight is 443 g/mol. The van der Waals surface area contributed by atoms with E-state index in [1.807, 2.05) is 0 Å². The molecule has 1 aliphatic rings. The van der Waals surface area contributed by atoms with Crippen molar-refractivity contribution in [2.24, 2.45) is 11.5 Å². The first-order valence-electron chi connectivity index (χ1n) is 9.86. The van der Waals surface area contributed by atoms with Crippen LogP contribution in [-0.4, -0.2) is 42.1 Å². The number of nitrogens with zero attached hydrogens (tertiary/aromatic N) is 1. The van der Waals surface area contributed by atoms with Crippen LogP contribution < -0.4 is 21.5 Å². The molecule has 3 rings (SSSR count). The minimum atomic E-state index is -0.878. The Balaban J connectivity index is 1.76. The summed E-state index contributed by atoms with van der Waals surface area (Å²) in [6.45, 7) is 1.08. The molecule has 2 amide bonds. The lowest BCUT2D eigenvalue weighted by molar-refractivity contribution is -0.119. The van der Waals surface area contributed by atoms with Crippen LogP contribution in [0.1, 0.15) is 18.4 Å². The number of nitrogens with two attached hydrogens (primary N) is 2. The van der Waals surface area contributed by atoms with Crippen LogP contribution in [0.3, 0.4) is 0 Å². The largest absolute Gasteiger partial charge is 0.454 e. The molecule has 1 atom stereocenters. The van der Waals surface area contributed by atoms with E-state index in [1.54, 1.807) is 4.90 Å². The normalized spacial score (nSPS) is 16.7. The lowest BCUT2D eigenvalue weighted by atomic mass is 10.0. The number of benzene rings is 2. The highest BCUT2D eigenvalue weighted by Gasteiger charge is 2.23. The Morgan fingerprint density at radius 2 is 1.91 bits per heavy atom. The average Bonchev–Trinajstić information content (AvgIpc) is 2.76. The maximum Gasteiger partial charge on any atom is 0.254 e. The number of primary amides is 1. The molecule has 2 aromatic rings. The van der Waals surface area contributed by atoms with Crippen molar-refractivity contribution in [1.82, 2.24) is 10.2 Å². The summed E-state index contributed by atoms with van der Waals surface area (Å²) in [5.41, 5.74) is 11.5. The van der Waals surface area contributed by atoms with Crippen molar-refractivity contribution in [3.8, 4) is 11.5 Å². The first-order valence-corrected chi connectivity index (χ1v) is 9.86. The summed E-state index contributed by atoms with van der Waals surface area (Å²) in [4.78, 5) is 24.6. The van der Waals surface area contributed by atoms with Crippen LogP contribution >= 0.6 is 0 Å². The summed E-state index contributed by atoms with van der Waals surface area (Å²) in [5, 5.41) is 11.4. The first-order chi connectivity index (χ1) is 15.3. The maximum absolute atomic E-state index is 13.8. The molecule has 32 heavy (non-hydrogen) atoms. The highest BCUT2D eigenvalue weighted by molar-refractivity contribution is 6.26. The van der Waals surface area contributed by atoms with Gasteiger partial charge in [0.2, 0.25) is 6.41 Å². The summed E-state index contributed by atoms with van der Waals surface area (Å²) in [6, 6.07) is 8.70. The molecule has 0 saturated carbocycles. The van der Waals surface area contributed by atoms with Crippen LogP contribution in [0.25, 0.3) is 0 Å². The topological polar surface area (TPSA) is 135 Å². The van der Waals surface area contributed by atoms with Crippen LogP contribution in [0.4, 0.5) is 8.78 Å². The van der Waals surface area contributed by atoms with Gasteiger partial charge in [-0.15, -0.1) is 0 Å². The van der Waals surface area contributed by atoms with Crippen LogP contribution in [0.5, 0.6) is 11.5 Å². The summed E-state index contributed by atoms with van der Waals surface area (Å²) < 4.78 is 32.2. The second kappa shape index (κ2) is 9.90. The van der Waals surface area contributed by atoms with Crippen molar-refractivity contribution in [1.29, 1.82) is 5.41 Å². The smallest absolute Gasteiger partial charge is 0.254 e. The van der Waals surface area contributed by atoms with E-state index in [0.29, 0.717) is 24.7 Å². The molecular weight excluding hydrogens is 420 g/mol. The van der Waals surface area contributed by atoms with Gasteiger partial charge in [-0.1, -0.05) is 0 Å². The summed E-state index contributed by atoms with van der Waals surface area (Å²) in [7, 11) is 0. The van der Waals surface area contributed by atoms with E-state index in [1.165, 1.54) is 24.3 Å². The number of ether oxygens (including phenoxy) is 1. The number of carbonyl (C=O) groups is 2. The molecule has 1 saturated heterocycles. The van der Waals surface area contributed by atoms with Crippen molar-refractivity contribution in [2.45, 2.75) is 18.9 Å². The predicted molar refractivity (Wildman–Crippen MR) is 114 cm³/mol. The van der Waals surface area contributed by atoms with Gasteiger partial charge in [0.15, 0.2) is 11.6 Å². The highest BCUT2D eigenvalue weighted by Crippen LogP contribution is 2.25. The van der Waals surface area contributed by atoms with Crippen LogP contribution in [-0.2, 0) is 9.59 Å². The molecule has 0 aliphatic carbocycles. The zero-order valence-corrected chi connectivity index (χ0v) is 17.1. The van der Waals surface area contributed by atoms with E-state index >= 15 is 0 Å².